The van der Waals surface area contributed by atoms with Crippen molar-refractivity contribution < 1.29 is 36.0 Å². The second kappa shape index (κ2) is 4.29. The van der Waals surface area contributed by atoms with Gasteiger partial charge in [-0.05, 0) is 30.9 Å². The Morgan fingerprint density at radius 2 is 2.16 bits per heavy atom. The number of carboxylic acids is 1. The van der Waals surface area contributed by atoms with Crippen LogP contribution in [0.25, 0.3) is 6.08 Å². The Hall–Kier alpha value is -1.98. The first-order valence-electron chi connectivity index (χ1n) is 8.00. The normalized spacial score (nSPS) is 24.4. The summed E-state index contributed by atoms with van der Waals surface area (Å²) in [5.41, 5.74) is -2.95. The van der Waals surface area contributed by atoms with E-state index in [4.69, 9.17) is 13.3 Å². The van der Waals surface area contributed by atoms with Crippen LogP contribution in [0.3, 0.4) is 0 Å². The van der Waals surface area contributed by atoms with E-state index in [1.165, 1.54) is 0 Å². The van der Waals surface area contributed by atoms with Gasteiger partial charge in [-0.25, -0.2) is 4.79 Å². The van der Waals surface area contributed by atoms with E-state index in [-0.39, 0.29) is 5.56 Å². The number of alkyl halides is 3. The minimum absolute atomic E-state index is 0.253. The summed E-state index contributed by atoms with van der Waals surface area (Å²) in [5.74, 6) is -2.69. The Kier molecular flexibility index (Phi) is 1.71. The maximum atomic E-state index is 13.1. The molecule has 0 saturated carbocycles. The molecule has 3 nitrogen and oxygen atoms in total. The third-order valence-electron chi connectivity index (χ3n) is 2.56. The fourth-order valence-corrected chi connectivity index (χ4v) is 1.68. The van der Waals surface area contributed by atoms with E-state index in [1.807, 2.05) is 0 Å². The molecule has 0 aromatic heterocycles. The zero-order chi connectivity index (χ0) is 19.4. The average Bonchev–Trinajstić information content (AvgIpc) is 2.41. The first-order chi connectivity index (χ1) is 11.1. The van der Waals surface area contributed by atoms with Crippen LogP contribution in [-0.2, 0) is 4.79 Å². The number of halogens is 3. The van der Waals surface area contributed by atoms with Crippen molar-refractivity contribution in [3.05, 3.63) is 34.4 Å². The van der Waals surface area contributed by atoms with Crippen molar-refractivity contribution in [2.45, 2.75) is 26.0 Å². The summed E-state index contributed by atoms with van der Waals surface area (Å²) in [7, 11) is 0. The van der Waals surface area contributed by atoms with Gasteiger partial charge in [-0.15, -0.1) is 0 Å². The molecule has 1 aromatic carbocycles. The molecule has 102 valence electrons. The Labute approximate surface area is 115 Å². The van der Waals surface area contributed by atoms with Gasteiger partial charge in [0.25, 0.3) is 0 Å². The topological polar surface area (TPSA) is 46.5 Å². The van der Waals surface area contributed by atoms with Crippen LogP contribution in [0.1, 0.15) is 24.9 Å². The summed E-state index contributed by atoms with van der Waals surface area (Å²) in [4.78, 5) is 11.1. The average molecular weight is 278 g/mol. The van der Waals surface area contributed by atoms with Crippen LogP contribution in [0.15, 0.2) is 17.7 Å². The minimum Gasteiger partial charge on any atom is -0.478 e. The molecule has 6 heteroatoms. The molecule has 0 aliphatic carbocycles. The first-order valence-corrected chi connectivity index (χ1v) is 5.00. The molecule has 1 atom stereocenters. The van der Waals surface area contributed by atoms with Gasteiger partial charge in [0.15, 0.2) is 0 Å². The Bertz CT molecular complexity index is 749. The number of benzene rings is 1. The number of carbonyl (C=O) groups is 1. The van der Waals surface area contributed by atoms with Gasteiger partial charge in [-0.1, -0.05) is 12.1 Å². The molecule has 0 amide bonds. The van der Waals surface area contributed by atoms with Crippen LogP contribution in [-0.4, -0.2) is 23.4 Å². The van der Waals surface area contributed by atoms with E-state index in [0.717, 1.165) is 12.1 Å². The maximum absolute atomic E-state index is 13.1. The lowest BCUT2D eigenvalue weighted by atomic mass is 9.97. The van der Waals surface area contributed by atoms with Gasteiger partial charge in [0.1, 0.15) is 5.75 Å². The van der Waals surface area contributed by atoms with Gasteiger partial charge < -0.3 is 9.84 Å². The standard InChI is InChI=1S/C13H11F3O3/c1-6-3-4-8-5-9(12(17)18)11(13(14,15)16)19-10(8)7(6)2/h3-5,11H,1-2H3,(H,17,18)/i1D3,2D3. The Balaban J connectivity index is 2.81. The van der Waals surface area contributed by atoms with Gasteiger partial charge in [-0.2, -0.15) is 13.2 Å². The summed E-state index contributed by atoms with van der Waals surface area (Å²) in [6.07, 6.45) is -7.41. The summed E-state index contributed by atoms with van der Waals surface area (Å²) in [6.45, 7) is -5.99. The van der Waals surface area contributed by atoms with Crippen LogP contribution in [0.4, 0.5) is 13.2 Å². The monoisotopic (exact) mass is 278 g/mol. The molecule has 2 rings (SSSR count). The molecule has 1 aliphatic rings. The van der Waals surface area contributed by atoms with E-state index < -0.39 is 54.4 Å². The largest absolute Gasteiger partial charge is 0.478 e. The molecule has 0 fully saturated rings. The molecule has 1 aromatic rings. The van der Waals surface area contributed by atoms with Gasteiger partial charge in [-0.3, -0.25) is 0 Å². The van der Waals surface area contributed by atoms with Crippen LogP contribution in [0.5, 0.6) is 5.75 Å². The predicted molar refractivity (Wildman–Crippen MR) is 62.0 cm³/mol. The van der Waals surface area contributed by atoms with E-state index in [0.29, 0.717) is 6.08 Å². The van der Waals surface area contributed by atoms with Crippen LogP contribution < -0.4 is 4.74 Å². The van der Waals surface area contributed by atoms with Crippen molar-refractivity contribution in [3.63, 3.8) is 0 Å². The molecule has 0 radical (unpaired) electrons. The molecule has 1 heterocycles. The third-order valence-corrected chi connectivity index (χ3v) is 2.56. The van der Waals surface area contributed by atoms with Crippen molar-refractivity contribution in [1.82, 2.24) is 0 Å². The van der Waals surface area contributed by atoms with Gasteiger partial charge in [0.05, 0.1) is 5.57 Å². The van der Waals surface area contributed by atoms with Crippen molar-refractivity contribution in [2.24, 2.45) is 0 Å². The van der Waals surface area contributed by atoms with Gasteiger partial charge in [0.2, 0.25) is 6.10 Å². The van der Waals surface area contributed by atoms with Crippen LogP contribution in [0, 0.1) is 13.7 Å². The summed E-state index contributed by atoms with van der Waals surface area (Å²) in [5, 5.41) is 8.96. The van der Waals surface area contributed by atoms with E-state index in [2.05, 4.69) is 4.74 Å². The zero-order valence-corrected chi connectivity index (χ0v) is 9.21. The number of ether oxygens (including phenoxy) is 1. The SMILES string of the molecule is [2H]C([2H])([2H])c1ccc2c(c1C([2H])([2H])[2H])OC(C(F)(F)F)C(C(=O)O)=C2. The molecule has 1 unspecified atom stereocenters. The summed E-state index contributed by atoms with van der Waals surface area (Å²) in [6, 6.07) is 1.93. The highest BCUT2D eigenvalue weighted by Crippen LogP contribution is 2.39. The second-order valence-corrected chi connectivity index (χ2v) is 3.85. The number of rotatable bonds is 1. The predicted octanol–water partition coefficient (Wildman–Crippen LogP) is 3.09. The fraction of sp³-hybridized carbons (Fsp3) is 0.308. The number of hydrogen-bond acceptors (Lipinski definition) is 2. The summed E-state index contributed by atoms with van der Waals surface area (Å²) < 4.78 is 88.7. The van der Waals surface area contributed by atoms with E-state index >= 15 is 0 Å². The molecule has 1 aliphatic heterocycles. The van der Waals surface area contributed by atoms with Gasteiger partial charge in [0, 0.05) is 13.8 Å². The van der Waals surface area contributed by atoms with Crippen LogP contribution in [0.2, 0.25) is 0 Å². The second-order valence-electron chi connectivity index (χ2n) is 3.85. The number of hydrogen-bond donors (Lipinski definition) is 1. The minimum atomic E-state index is -5.14. The van der Waals surface area contributed by atoms with E-state index in [1.54, 1.807) is 0 Å². The smallest absolute Gasteiger partial charge is 0.430 e. The third kappa shape index (κ3) is 2.30. The lowest BCUT2D eigenvalue weighted by Gasteiger charge is -2.28. The van der Waals surface area contributed by atoms with Gasteiger partial charge >= 0.3 is 12.1 Å². The highest BCUT2D eigenvalue weighted by molar-refractivity contribution is 5.95. The molecule has 0 spiro atoms. The fourth-order valence-electron chi connectivity index (χ4n) is 1.68. The number of fused-ring (bicyclic) bond motifs is 1. The van der Waals surface area contributed by atoms with E-state index in [9.17, 15) is 18.0 Å². The number of aliphatic carboxylic acids is 1. The van der Waals surface area contributed by atoms with Crippen molar-refractivity contribution in [1.29, 1.82) is 0 Å². The van der Waals surface area contributed by atoms with Crippen molar-refractivity contribution >= 4 is 12.0 Å². The maximum Gasteiger partial charge on any atom is 0.430 e. The molecule has 0 saturated heterocycles. The zero-order valence-electron chi connectivity index (χ0n) is 15.2. The van der Waals surface area contributed by atoms with Crippen LogP contribution >= 0.6 is 0 Å². The molecule has 1 N–H and O–H groups in total. The number of aryl methyl sites for hydroxylation is 1. The highest BCUT2D eigenvalue weighted by atomic mass is 19.4. The molecule has 0 bridgehead atoms. The first kappa shape index (κ1) is 7.57. The van der Waals surface area contributed by atoms with Crippen molar-refractivity contribution in [3.8, 4) is 5.75 Å². The molecular weight excluding hydrogens is 261 g/mol. The molecule has 19 heavy (non-hydrogen) atoms. The quantitative estimate of drug-likeness (QED) is 0.858. The number of carboxylic acid groups (broad SMARTS) is 1. The Morgan fingerprint density at radius 3 is 2.68 bits per heavy atom. The molecular formula is C13H11F3O3. The van der Waals surface area contributed by atoms with Crippen molar-refractivity contribution in [2.75, 3.05) is 0 Å². The lowest BCUT2D eigenvalue weighted by molar-refractivity contribution is -0.187. The summed E-state index contributed by atoms with van der Waals surface area (Å²) >= 11 is 0. The lowest BCUT2D eigenvalue weighted by Crippen LogP contribution is -2.40. The highest BCUT2D eigenvalue weighted by Gasteiger charge is 2.48. The Morgan fingerprint density at radius 1 is 1.42 bits per heavy atom.